The average molecular weight is 331 g/mol. The molecule has 3 aromatic rings. The molecule has 0 spiro atoms. The van der Waals surface area contributed by atoms with Crippen molar-refractivity contribution in [3.8, 4) is 22.8 Å². The molecule has 0 aliphatic rings. The number of benzene rings is 2. The van der Waals surface area contributed by atoms with Gasteiger partial charge < -0.3 is 4.74 Å². The summed E-state index contributed by atoms with van der Waals surface area (Å²) in [5.41, 5.74) is 0.761. The van der Waals surface area contributed by atoms with Crippen LogP contribution in [0.3, 0.4) is 0 Å². The maximum Gasteiger partial charge on any atom is 0.282 e. The second kappa shape index (κ2) is 6.07. The molecule has 0 aliphatic carbocycles. The van der Waals surface area contributed by atoms with Gasteiger partial charge in [0.15, 0.2) is 11.6 Å². The number of ether oxygens (including phenoxy) is 1. The molecule has 0 bridgehead atoms. The van der Waals surface area contributed by atoms with Gasteiger partial charge >= 0.3 is 0 Å². The summed E-state index contributed by atoms with van der Waals surface area (Å²) in [6.45, 7) is 0. The van der Waals surface area contributed by atoms with Gasteiger partial charge in [-0.15, -0.1) is 0 Å². The summed E-state index contributed by atoms with van der Waals surface area (Å²) in [5, 5.41) is 15.3. The van der Waals surface area contributed by atoms with Crippen LogP contribution in [0.25, 0.3) is 11.3 Å². The highest BCUT2D eigenvalue weighted by atomic mass is 19.2. The van der Waals surface area contributed by atoms with E-state index in [9.17, 15) is 18.9 Å². The maximum atomic E-state index is 13.2. The normalized spacial score (nSPS) is 10.6. The van der Waals surface area contributed by atoms with Gasteiger partial charge in [-0.25, -0.2) is 8.78 Å². The first-order valence-electron chi connectivity index (χ1n) is 6.85. The van der Waals surface area contributed by atoms with E-state index in [-0.39, 0.29) is 17.2 Å². The van der Waals surface area contributed by atoms with Crippen LogP contribution >= 0.6 is 0 Å². The highest BCUT2D eigenvalue weighted by molar-refractivity contribution is 5.72. The lowest BCUT2D eigenvalue weighted by atomic mass is 10.1. The molecule has 0 atom stereocenters. The third-order valence-corrected chi connectivity index (χ3v) is 3.39. The SMILES string of the molecule is Cn1nccc1-c1ccc(Oc2ccc(F)c(F)c2)cc1[N+](=O)[O-]. The number of nitrogens with zero attached hydrogens (tertiary/aromatic N) is 3. The molecular formula is C16H11F2N3O3. The minimum Gasteiger partial charge on any atom is -0.457 e. The van der Waals surface area contributed by atoms with Crippen LogP contribution in [0.1, 0.15) is 0 Å². The van der Waals surface area contributed by atoms with Crippen LogP contribution in [0, 0.1) is 21.7 Å². The Labute approximate surface area is 135 Å². The van der Waals surface area contributed by atoms with Crippen LogP contribution in [0.2, 0.25) is 0 Å². The molecule has 2 aromatic carbocycles. The van der Waals surface area contributed by atoms with Gasteiger partial charge in [-0.2, -0.15) is 5.10 Å². The zero-order valence-electron chi connectivity index (χ0n) is 12.4. The predicted molar refractivity (Wildman–Crippen MR) is 81.7 cm³/mol. The number of hydrogen-bond acceptors (Lipinski definition) is 4. The minimum absolute atomic E-state index is 0.0384. The first kappa shape index (κ1) is 15.6. The molecule has 1 aromatic heterocycles. The molecule has 0 saturated carbocycles. The van der Waals surface area contributed by atoms with E-state index in [1.165, 1.54) is 35.1 Å². The van der Waals surface area contributed by atoms with Crippen molar-refractivity contribution in [2.24, 2.45) is 7.05 Å². The quantitative estimate of drug-likeness (QED) is 0.534. The fourth-order valence-electron chi connectivity index (χ4n) is 2.26. The number of nitro groups is 1. The fraction of sp³-hybridized carbons (Fsp3) is 0.0625. The zero-order valence-corrected chi connectivity index (χ0v) is 12.4. The van der Waals surface area contributed by atoms with Crippen molar-refractivity contribution in [1.82, 2.24) is 9.78 Å². The predicted octanol–water partition coefficient (Wildman–Crippen LogP) is 4.07. The Morgan fingerprint density at radius 1 is 1.08 bits per heavy atom. The summed E-state index contributed by atoms with van der Waals surface area (Å²) < 4.78 is 33.0. The second-order valence-electron chi connectivity index (χ2n) is 4.95. The molecule has 6 nitrogen and oxygen atoms in total. The molecule has 0 saturated heterocycles. The molecule has 24 heavy (non-hydrogen) atoms. The number of halogens is 2. The second-order valence-corrected chi connectivity index (χ2v) is 4.95. The lowest BCUT2D eigenvalue weighted by Gasteiger charge is -2.08. The van der Waals surface area contributed by atoms with E-state index in [4.69, 9.17) is 4.74 Å². The number of aryl methyl sites for hydroxylation is 1. The van der Waals surface area contributed by atoms with Crippen molar-refractivity contribution in [1.29, 1.82) is 0 Å². The van der Waals surface area contributed by atoms with E-state index in [1.54, 1.807) is 13.1 Å². The van der Waals surface area contributed by atoms with E-state index in [2.05, 4.69) is 5.10 Å². The topological polar surface area (TPSA) is 70.2 Å². The van der Waals surface area contributed by atoms with Crippen molar-refractivity contribution in [3.05, 3.63) is 70.4 Å². The summed E-state index contributed by atoms with van der Waals surface area (Å²) >= 11 is 0. The summed E-state index contributed by atoms with van der Waals surface area (Å²) in [7, 11) is 1.67. The summed E-state index contributed by atoms with van der Waals surface area (Å²) in [6, 6.07) is 8.93. The van der Waals surface area contributed by atoms with Gasteiger partial charge in [0.25, 0.3) is 5.69 Å². The van der Waals surface area contributed by atoms with Crippen molar-refractivity contribution < 1.29 is 18.4 Å². The number of hydrogen-bond donors (Lipinski definition) is 0. The van der Waals surface area contributed by atoms with Crippen LogP contribution in [0.4, 0.5) is 14.5 Å². The first-order chi connectivity index (χ1) is 11.5. The smallest absolute Gasteiger partial charge is 0.282 e. The Bertz CT molecular complexity index is 925. The van der Waals surface area contributed by atoms with Crippen LogP contribution in [0.5, 0.6) is 11.5 Å². The average Bonchev–Trinajstić information content (AvgIpc) is 2.97. The summed E-state index contributed by atoms with van der Waals surface area (Å²) in [4.78, 5) is 10.8. The molecule has 0 radical (unpaired) electrons. The molecule has 0 amide bonds. The highest BCUT2D eigenvalue weighted by Gasteiger charge is 2.19. The largest absolute Gasteiger partial charge is 0.457 e. The molecule has 122 valence electrons. The van der Waals surface area contributed by atoms with Crippen molar-refractivity contribution in [2.45, 2.75) is 0 Å². The molecule has 8 heteroatoms. The molecule has 0 unspecified atom stereocenters. The summed E-state index contributed by atoms with van der Waals surface area (Å²) in [6.07, 6.45) is 1.53. The van der Waals surface area contributed by atoms with E-state index >= 15 is 0 Å². The van der Waals surface area contributed by atoms with Gasteiger partial charge in [0.05, 0.1) is 22.2 Å². The van der Waals surface area contributed by atoms with Crippen LogP contribution in [0.15, 0.2) is 48.7 Å². The van der Waals surface area contributed by atoms with Crippen LogP contribution < -0.4 is 4.74 Å². The minimum atomic E-state index is -1.06. The van der Waals surface area contributed by atoms with Crippen molar-refractivity contribution in [2.75, 3.05) is 0 Å². The van der Waals surface area contributed by atoms with E-state index < -0.39 is 16.6 Å². The van der Waals surface area contributed by atoms with E-state index in [1.807, 2.05) is 0 Å². The molecule has 1 heterocycles. The Hall–Kier alpha value is -3.29. The molecular weight excluding hydrogens is 320 g/mol. The Morgan fingerprint density at radius 2 is 1.79 bits per heavy atom. The number of nitro benzene ring substituents is 1. The van der Waals surface area contributed by atoms with Gasteiger partial charge in [0.1, 0.15) is 11.5 Å². The Morgan fingerprint density at radius 3 is 2.42 bits per heavy atom. The van der Waals surface area contributed by atoms with Gasteiger partial charge in [-0.3, -0.25) is 14.8 Å². The standard InChI is InChI=1S/C16H11F2N3O3/c1-20-15(6-7-19-20)12-4-2-11(9-16(12)21(22)23)24-10-3-5-13(17)14(18)8-10/h2-9H,1H3. The van der Waals surface area contributed by atoms with Crippen molar-refractivity contribution >= 4 is 5.69 Å². The zero-order chi connectivity index (χ0) is 17.3. The Balaban J connectivity index is 1.99. The number of rotatable bonds is 4. The van der Waals surface area contributed by atoms with Gasteiger partial charge in [-0.1, -0.05) is 0 Å². The lowest BCUT2D eigenvalue weighted by molar-refractivity contribution is -0.384. The fourth-order valence-corrected chi connectivity index (χ4v) is 2.26. The molecule has 0 aliphatic heterocycles. The van der Waals surface area contributed by atoms with Gasteiger partial charge in [0.2, 0.25) is 0 Å². The first-order valence-corrected chi connectivity index (χ1v) is 6.85. The maximum absolute atomic E-state index is 13.2. The highest BCUT2D eigenvalue weighted by Crippen LogP contribution is 2.34. The molecule has 3 rings (SSSR count). The summed E-state index contributed by atoms with van der Waals surface area (Å²) in [5.74, 6) is -1.89. The van der Waals surface area contributed by atoms with Gasteiger partial charge in [0, 0.05) is 19.3 Å². The molecule has 0 N–H and O–H groups in total. The van der Waals surface area contributed by atoms with Crippen LogP contribution in [-0.4, -0.2) is 14.7 Å². The van der Waals surface area contributed by atoms with E-state index in [0.29, 0.717) is 11.3 Å². The third kappa shape index (κ3) is 2.94. The molecule has 0 fully saturated rings. The van der Waals surface area contributed by atoms with Crippen LogP contribution in [-0.2, 0) is 7.05 Å². The Kier molecular flexibility index (Phi) is 3.95. The number of aromatic nitrogens is 2. The van der Waals surface area contributed by atoms with Gasteiger partial charge in [-0.05, 0) is 30.3 Å². The van der Waals surface area contributed by atoms with E-state index in [0.717, 1.165) is 12.1 Å². The monoisotopic (exact) mass is 331 g/mol. The third-order valence-electron chi connectivity index (χ3n) is 3.39. The lowest BCUT2D eigenvalue weighted by Crippen LogP contribution is -1.98. The van der Waals surface area contributed by atoms with Crippen molar-refractivity contribution in [3.63, 3.8) is 0 Å².